The molecule has 0 fully saturated rings. The Labute approximate surface area is 174 Å². The van der Waals surface area contributed by atoms with Gasteiger partial charge in [0.25, 0.3) is 0 Å². The molecule has 0 saturated heterocycles. The summed E-state index contributed by atoms with van der Waals surface area (Å²) in [6.07, 6.45) is -0.713. The number of nitrogens with one attached hydrogen (secondary N) is 2. The smallest absolute Gasteiger partial charge is 0.408 e. The number of carbonyl (C=O) groups is 3. The number of hydrogen-bond acceptors (Lipinski definition) is 5. The Kier molecular flexibility index (Phi) is 8.81. The van der Waals surface area contributed by atoms with Crippen molar-refractivity contribution in [2.45, 2.75) is 38.8 Å². The van der Waals surface area contributed by atoms with Gasteiger partial charge in [-0.3, -0.25) is 9.59 Å². The molecule has 1 aromatic carbocycles. The zero-order chi connectivity index (χ0) is 19.9. The highest BCUT2D eigenvalue weighted by atomic mass is 127. The second-order valence-corrected chi connectivity index (χ2v) is 8.62. The fourth-order valence-corrected chi connectivity index (χ4v) is 3.62. The van der Waals surface area contributed by atoms with E-state index in [1.807, 2.05) is 18.2 Å². The third-order valence-electron chi connectivity index (χ3n) is 3.01. The summed E-state index contributed by atoms with van der Waals surface area (Å²) in [5.41, 5.74) is 0.0980. The predicted molar refractivity (Wildman–Crippen MR) is 109 cm³/mol. The lowest BCUT2D eigenvalue weighted by molar-refractivity contribution is -0.141. The second kappa shape index (κ2) is 10.1. The third kappa shape index (κ3) is 8.84. The molecule has 2 N–H and O–H groups in total. The first kappa shape index (κ1) is 22.7. The minimum Gasteiger partial charge on any atom is -0.469 e. The molecule has 0 unspecified atom stereocenters. The molecule has 0 heterocycles. The van der Waals surface area contributed by atoms with Crippen molar-refractivity contribution in [3.05, 3.63) is 31.8 Å². The van der Waals surface area contributed by atoms with Crippen LogP contribution in [0.4, 0.5) is 4.79 Å². The summed E-state index contributed by atoms with van der Waals surface area (Å²) in [5, 5.41) is 5.12. The SMILES string of the molecule is COC(=O)C[C@H](NC(=O)CNC(=O)OC(C)(C)C)c1cc(Br)cc(I)c1. The molecule has 0 saturated carbocycles. The number of esters is 1. The van der Waals surface area contributed by atoms with Gasteiger partial charge in [-0.05, 0) is 67.1 Å². The molecule has 144 valence electrons. The number of methoxy groups -OCH3 is 1. The quantitative estimate of drug-likeness (QED) is 0.426. The molecule has 2 amide bonds. The van der Waals surface area contributed by atoms with Gasteiger partial charge in [-0.2, -0.15) is 0 Å². The average Bonchev–Trinajstić information content (AvgIpc) is 2.49. The normalized spacial score (nSPS) is 12.1. The molecule has 7 nitrogen and oxygen atoms in total. The summed E-state index contributed by atoms with van der Waals surface area (Å²) in [4.78, 5) is 35.5. The van der Waals surface area contributed by atoms with Crippen molar-refractivity contribution in [2.24, 2.45) is 0 Å². The minimum absolute atomic E-state index is 0.0266. The average molecular weight is 541 g/mol. The van der Waals surface area contributed by atoms with Crippen LogP contribution in [-0.4, -0.2) is 37.2 Å². The highest BCUT2D eigenvalue weighted by Gasteiger charge is 2.21. The van der Waals surface area contributed by atoms with Crippen LogP contribution in [0.25, 0.3) is 0 Å². The van der Waals surface area contributed by atoms with E-state index in [1.165, 1.54) is 7.11 Å². The van der Waals surface area contributed by atoms with Gasteiger partial charge in [0.2, 0.25) is 5.91 Å². The number of alkyl carbamates (subject to hydrolysis) is 1. The molecule has 0 aliphatic heterocycles. The van der Waals surface area contributed by atoms with E-state index in [0.717, 1.165) is 13.6 Å². The standard InChI is InChI=1S/C17H22BrIN2O5/c1-17(2,3)26-16(24)20-9-14(22)21-13(8-15(23)25-4)10-5-11(18)7-12(19)6-10/h5-7,13H,8-9H2,1-4H3,(H,20,24)(H,21,22)/t13-/m0/s1. The summed E-state index contributed by atoms with van der Waals surface area (Å²) in [6.45, 7) is 4.92. The summed E-state index contributed by atoms with van der Waals surface area (Å²) in [7, 11) is 1.29. The van der Waals surface area contributed by atoms with Crippen molar-refractivity contribution in [3.63, 3.8) is 0 Å². The van der Waals surface area contributed by atoms with Crippen molar-refractivity contribution in [2.75, 3.05) is 13.7 Å². The van der Waals surface area contributed by atoms with E-state index in [4.69, 9.17) is 9.47 Å². The van der Waals surface area contributed by atoms with Crippen molar-refractivity contribution in [1.29, 1.82) is 0 Å². The van der Waals surface area contributed by atoms with Crippen molar-refractivity contribution < 1.29 is 23.9 Å². The lowest BCUT2D eigenvalue weighted by atomic mass is 10.0. The number of ether oxygens (including phenoxy) is 2. The van der Waals surface area contributed by atoms with Crippen LogP contribution in [-0.2, 0) is 19.1 Å². The maximum atomic E-state index is 12.2. The van der Waals surface area contributed by atoms with Gasteiger partial charge < -0.3 is 20.1 Å². The maximum absolute atomic E-state index is 12.2. The Bertz CT molecular complexity index is 655. The Balaban J connectivity index is 2.77. The lowest BCUT2D eigenvalue weighted by Crippen LogP contribution is -2.41. The zero-order valence-corrected chi connectivity index (χ0v) is 18.8. The van der Waals surface area contributed by atoms with Crippen LogP contribution in [0.15, 0.2) is 22.7 Å². The molecule has 26 heavy (non-hydrogen) atoms. The topological polar surface area (TPSA) is 93.7 Å². The third-order valence-corrected chi connectivity index (χ3v) is 4.09. The Morgan fingerprint density at radius 3 is 2.42 bits per heavy atom. The van der Waals surface area contributed by atoms with Crippen LogP contribution >= 0.6 is 38.5 Å². The van der Waals surface area contributed by atoms with Gasteiger partial charge >= 0.3 is 12.1 Å². The molecule has 0 spiro atoms. The monoisotopic (exact) mass is 540 g/mol. The molecule has 1 aromatic rings. The van der Waals surface area contributed by atoms with Gasteiger partial charge in [0.15, 0.2) is 0 Å². The van der Waals surface area contributed by atoms with Gasteiger partial charge in [-0.25, -0.2) is 4.79 Å². The van der Waals surface area contributed by atoms with Crippen molar-refractivity contribution >= 4 is 56.5 Å². The molecule has 0 aromatic heterocycles. The minimum atomic E-state index is -0.686. The Morgan fingerprint density at radius 2 is 1.88 bits per heavy atom. The fraction of sp³-hybridized carbons (Fsp3) is 0.471. The van der Waals surface area contributed by atoms with Gasteiger partial charge in [0.05, 0.1) is 19.6 Å². The molecule has 0 aliphatic rings. The highest BCUT2D eigenvalue weighted by molar-refractivity contribution is 14.1. The van der Waals surface area contributed by atoms with Crippen LogP contribution in [0.5, 0.6) is 0 Å². The first-order valence-corrected chi connectivity index (χ1v) is 9.66. The van der Waals surface area contributed by atoms with Crippen molar-refractivity contribution in [3.8, 4) is 0 Å². The van der Waals surface area contributed by atoms with E-state index in [9.17, 15) is 14.4 Å². The molecule has 0 aliphatic carbocycles. The van der Waals surface area contributed by atoms with Crippen LogP contribution in [0.2, 0.25) is 0 Å². The van der Waals surface area contributed by atoms with Crippen LogP contribution in [0.3, 0.4) is 0 Å². The summed E-state index contributed by atoms with van der Waals surface area (Å²) >= 11 is 5.55. The summed E-state index contributed by atoms with van der Waals surface area (Å²) < 4.78 is 11.6. The van der Waals surface area contributed by atoms with E-state index in [1.54, 1.807) is 20.8 Å². The molecule has 1 atom stereocenters. The maximum Gasteiger partial charge on any atom is 0.408 e. The van der Waals surface area contributed by atoms with E-state index in [2.05, 4.69) is 49.2 Å². The summed E-state index contributed by atoms with van der Waals surface area (Å²) in [6, 6.07) is 5.00. The van der Waals surface area contributed by atoms with Gasteiger partial charge in [0.1, 0.15) is 12.1 Å². The van der Waals surface area contributed by atoms with Crippen LogP contribution in [0, 0.1) is 3.57 Å². The number of hydrogen-bond donors (Lipinski definition) is 2. The number of rotatable bonds is 6. The van der Waals surface area contributed by atoms with E-state index in [0.29, 0.717) is 0 Å². The Hall–Kier alpha value is -1.36. The number of carbonyl (C=O) groups excluding carboxylic acids is 3. The molecule has 1 rings (SSSR count). The predicted octanol–water partition coefficient (Wildman–Crippen LogP) is 3.30. The fourth-order valence-electron chi connectivity index (χ4n) is 1.99. The molecular weight excluding hydrogens is 519 g/mol. The highest BCUT2D eigenvalue weighted by Crippen LogP contribution is 2.24. The second-order valence-electron chi connectivity index (χ2n) is 6.46. The van der Waals surface area contributed by atoms with Crippen molar-refractivity contribution in [1.82, 2.24) is 10.6 Å². The van der Waals surface area contributed by atoms with Gasteiger partial charge in [-0.15, -0.1) is 0 Å². The van der Waals surface area contributed by atoms with E-state index >= 15 is 0 Å². The van der Waals surface area contributed by atoms with E-state index in [-0.39, 0.29) is 13.0 Å². The summed E-state index contributed by atoms with van der Waals surface area (Å²) in [5.74, 6) is -0.898. The first-order chi connectivity index (χ1) is 12.0. The van der Waals surface area contributed by atoms with Gasteiger partial charge in [0, 0.05) is 8.04 Å². The first-order valence-electron chi connectivity index (χ1n) is 7.79. The zero-order valence-electron chi connectivity index (χ0n) is 15.0. The number of amides is 2. The molecule has 0 bridgehead atoms. The largest absolute Gasteiger partial charge is 0.469 e. The number of halogens is 2. The van der Waals surface area contributed by atoms with E-state index < -0.39 is 29.6 Å². The molecular formula is C17H22BrIN2O5. The van der Waals surface area contributed by atoms with Crippen LogP contribution in [0.1, 0.15) is 38.8 Å². The van der Waals surface area contributed by atoms with Crippen LogP contribution < -0.4 is 10.6 Å². The van der Waals surface area contributed by atoms with Gasteiger partial charge in [-0.1, -0.05) is 15.9 Å². The molecule has 9 heteroatoms. The Morgan fingerprint density at radius 1 is 1.23 bits per heavy atom. The lowest BCUT2D eigenvalue weighted by Gasteiger charge is -2.21. The molecule has 0 radical (unpaired) electrons. The number of benzene rings is 1.